The number of aromatic nitrogens is 3. The third kappa shape index (κ3) is 2.71. The highest BCUT2D eigenvalue weighted by atomic mass is 32.2. The molecule has 0 saturated heterocycles. The molecule has 0 amide bonds. The maximum absolute atomic E-state index is 11.7. The molecule has 0 unspecified atom stereocenters. The summed E-state index contributed by atoms with van der Waals surface area (Å²) in [6.45, 7) is 7.79. The van der Waals surface area contributed by atoms with Crippen molar-refractivity contribution in [1.82, 2.24) is 14.9 Å². The average Bonchev–Trinajstić information content (AvgIpc) is 2.12. The zero-order valence-corrected chi connectivity index (χ0v) is 10.2. The normalized spacial score (nSPS) is 11.3. The lowest BCUT2D eigenvalue weighted by Gasteiger charge is -2.09. The molecule has 0 aromatic carbocycles. The second-order valence-corrected chi connectivity index (χ2v) is 5.41. The first-order valence-electron chi connectivity index (χ1n) is 4.84. The number of nitrogens with zero attached hydrogens (tertiary/aromatic N) is 3. The monoisotopic (exact) mass is 228 g/mol. The van der Waals surface area contributed by atoms with Crippen LogP contribution in [0.4, 0.5) is 0 Å². The molecule has 15 heavy (non-hydrogen) atoms. The van der Waals surface area contributed by atoms with Gasteiger partial charge in [0.05, 0.1) is 0 Å². The van der Waals surface area contributed by atoms with Crippen molar-refractivity contribution in [2.24, 2.45) is 0 Å². The van der Waals surface area contributed by atoms with Gasteiger partial charge in [-0.1, -0.05) is 39.5 Å². The number of rotatable bonds is 3. The van der Waals surface area contributed by atoms with Crippen LogP contribution in [-0.2, 0) is 0 Å². The van der Waals surface area contributed by atoms with E-state index in [4.69, 9.17) is 5.84 Å². The predicted octanol–water partition coefficient (Wildman–Crippen LogP) is 0.976. The van der Waals surface area contributed by atoms with Crippen LogP contribution >= 0.6 is 11.8 Å². The van der Waals surface area contributed by atoms with Crippen molar-refractivity contribution in [2.45, 2.75) is 44.0 Å². The summed E-state index contributed by atoms with van der Waals surface area (Å²) in [5.74, 6) is 5.69. The fraction of sp³-hybridized carbons (Fsp3) is 0.667. The molecule has 0 spiro atoms. The lowest BCUT2D eigenvalue weighted by atomic mass is 10.1. The van der Waals surface area contributed by atoms with Crippen LogP contribution in [0.5, 0.6) is 0 Å². The van der Waals surface area contributed by atoms with Gasteiger partial charge < -0.3 is 5.84 Å². The minimum Gasteiger partial charge on any atom is -0.334 e. The molecule has 0 aliphatic carbocycles. The molecule has 0 bridgehead atoms. The quantitative estimate of drug-likeness (QED) is 0.616. The van der Waals surface area contributed by atoms with Gasteiger partial charge in [0.2, 0.25) is 5.16 Å². The fourth-order valence-electron chi connectivity index (χ4n) is 1.05. The standard InChI is InChI=1S/C9H16N4OS/c1-5(2)7-8(14)13(10)9(12-11-7)15-6(3)4/h5-6H,10H2,1-4H3. The minimum atomic E-state index is -0.261. The molecule has 0 atom stereocenters. The molecule has 0 radical (unpaired) electrons. The smallest absolute Gasteiger partial charge is 0.294 e. The first-order valence-corrected chi connectivity index (χ1v) is 5.72. The number of nitrogen functional groups attached to an aromatic ring is 1. The van der Waals surface area contributed by atoms with E-state index >= 15 is 0 Å². The van der Waals surface area contributed by atoms with Crippen LogP contribution < -0.4 is 11.4 Å². The summed E-state index contributed by atoms with van der Waals surface area (Å²) in [5, 5.41) is 8.63. The van der Waals surface area contributed by atoms with E-state index in [2.05, 4.69) is 10.2 Å². The maximum atomic E-state index is 11.7. The topological polar surface area (TPSA) is 73.8 Å². The zero-order valence-electron chi connectivity index (χ0n) is 9.39. The Balaban J connectivity index is 3.16. The summed E-state index contributed by atoms with van der Waals surface area (Å²) in [4.78, 5) is 11.7. The molecule has 1 rings (SSSR count). The second kappa shape index (κ2) is 4.65. The number of thioether (sulfide) groups is 1. The molecule has 0 saturated carbocycles. The van der Waals surface area contributed by atoms with Gasteiger partial charge in [-0.25, -0.2) is 0 Å². The highest BCUT2D eigenvalue weighted by Crippen LogP contribution is 2.17. The average molecular weight is 228 g/mol. The van der Waals surface area contributed by atoms with Gasteiger partial charge in [0, 0.05) is 11.2 Å². The van der Waals surface area contributed by atoms with Crippen LogP contribution in [0, 0.1) is 0 Å². The third-order valence-corrected chi connectivity index (χ3v) is 2.74. The Kier molecular flexibility index (Phi) is 3.73. The van der Waals surface area contributed by atoms with Gasteiger partial charge in [0.1, 0.15) is 5.69 Å². The van der Waals surface area contributed by atoms with E-state index < -0.39 is 0 Å². The summed E-state index contributed by atoms with van der Waals surface area (Å²) in [6.07, 6.45) is 0. The van der Waals surface area contributed by atoms with Gasteiger partial charge in [-0.15, -0.1) is 10.2 Å². The van der Waals surface area contributed by atoms with Gasteiger partial charge >= 0.3 is 0 Å². The zero-order chi connectivity index (χ0) is 11.6. The van der Waals surface area contributed by atoms with Crippen molar-refractivity contribution < 1.29 is 0 Å². The molecule has 0 aliphatic heterocycles. The first-order chi connectivity index (χ1) is 6.93. The van der Waals surface area contributed by atoms with Gasteiger partial charge in [-0.05, 0) is 0 Å². The molecule has 1 heterocycles. The van der Waals surface area contributed by atoms with E-state index in [0.717, 1.165) is 4.68 Å². The molecular formula is C9H16N4OS. The van der Waals surface area contributed by atoms with E-state index in [-0.39, 0.29) is 11.5 Å². The third-order valence-electron chi connectivity index (χ3n) is 1.78. The van der Waals surface area contributed by atoms with E-state index in [1.165, 1.54) is 11.8 Å². The summed E-state index contributed by atoms with van der Waals surface area (Å²) < 4.78 is 1.08. The number of nitrogens with two attached hydrogens (primary N) is 1. The largest absolute Gasteiger partial charge is 0.334 e. The molecule has 1 aromatic heterocycles. The second-order valence-electron chi connectivity index (χ2n) is 3.86. The van der Waals surface area contributed by atoms with Crippen LogP contribution in [-0.4, -0.2) is 20.1 Å². The number of hydrogen-bond donors (Lipinski definition) is 1. The Labute approximate surface area is 93.1 Å². The van der Waals surface area contributed by atoms with Gasteiger partial charge in [0.25, 0.3) is 5.56 Å². The Hall–Kier alpha value is -1.04. The van der Waals surface area contributed by atoms with Crippen LogP contribution in [0.1, 0.15) is 39.3 Å². The molecule has 1 aromatic rings. The van der Waals surface area contributed by atoms with Crippen molar-refractivity contribution in [2.75, 3.05) is 5.84 Å². The van der Waals surface area contributed by atoms with Crippen molar-refractivity contribution in [3.05, 3.63) is 16.0 Å². The first kappa shape index (κ1) is 12.0. The van der Waals surface area contributed by atoms with Crippen molar-refractivity contribution >= 4 is 11.8 Å². The lowest BCUT2D eigenvalue weighted by molar-refractivity contribution is 0.638. The highest BCUT2D eigenvalue weighted by Gasteiger charge is 2.13. The SMILES string of the molecule is CC(C)Sc1nnc(C(C)C)c(=O)n1N. The molecule has 5 nitrogen and oxygen atoms in total. The summed E-state index contributed by atoms with van der Waals surface area (Å²) in [6, 6.07) is 0. The predicted molar refractivity (Wildman–Crippen MR) is 61.5 cm³/mol. The van der Waals surface area contributed by atoms with E-state index in [1.54, 1.807) is 0 Å². The fourth-order valence-corrected chi connectivity index (χ4v) is 1.76. The van der Waals surface area contributed by atoms with Gasteiger partial charge in [-0.3, -0.25) is 4.79 Å². The van der Waals surface area contributed by atoms with Crippen molar-refractivity contribution in [3.8, 4) is 0 Å². The Morgan fingerprint density at radius 3 is 2.33 bits per heavy atom. The van der Waals surface area contributed by atoms with Crippen LogP contribution in [0.3, 0.4) is 0 Å². The number of hydrogen-bond acceptors (Lipinski definition) is 5. The molecule has 0 aliphatic rings. The van der Waals surface area contributed by atoms with Crippen LogP contribution in [0.2, 0.25) is 0 Å². The molecule has 6 heteroatoms. The molecular weight excluding hydrogens is 212 g/mol. The van der Waals surface area contributed by atoms with Gasteiger partial charge in [0.15, 0.2) is 0 Å². The Morgan fingerprint density at radius 1 is 1.27 bits per heavy atom. The molecule has 2 N–H and O–H groups in total. The molecule has 84 valence electrons. The van der Waals surface area contributed by atoms with Crippen molar-refractivity contribution in [3.63, 3.8) is 0 Å². The van der Waals surface area contributed by atoms with E-state index in [9.17, 15) is 4.79 Å². The van der Waals surface area contributed by atoms with E-state index in [1.807, 2.05) is 27.7 Å². The van der Waals surface area contributed by atoms with Crippen molar-refractivity contribution in [1.29, 1.82) is 0 Å². The Bertz CT molecular complexity index is 400. The summed E-state index contributed by atoms with van der Waals surface area (Å²) >= 11 is 1.42. The lowest BCUT2D eigenvalue weighted by Crippen LogP contribution is -2.34. The highest BCUT2D eigenvalue weighted by molar-refractivity contribution is 7.99. The molecule has 0 fully saturated rings. The minimum absolute atomic E-state index is 0.0397. The van der Waals surface area contributed by atoms with E-state index in [0.29, 0.717) is 16.1 Å². The maximum Gasteiger partial charge on any atom is 0.294 e. The van der Waals surface area contributed by atoms with Gasteiger partial charge in [-0.2, -0.15) is 4.68 Å². The Morgan fingerprint density at radius 2 is 1.87 bits per heavy atom. The summed E-state index contributed by atoms with van der Waals surface area (Å²) in [7, 11) is 0. The van der Waals surface area contributed by atoms with Crippen LogP contribution in [0.25, 0.3) is 0 Å². The summed E-state index contributed by atoms with van der Waals surface area (Å²) in [5.41, 5.74) is 0.147. The van der Waals surface area contributed by atoms with Crippen LogP contribution in [0.15, 0.2) is 9.95 Å².